The maximum atomic E-state index is 12.4. The van der Waals surface area contributed by atoms with Gasteiger partial charge in [-0.25, -0.2) is 4.68 Å². The number of nitrogens with one attached hydrogen (secondary N) is 1. The molecule has 4 rings (SSSR count). The van der Waals surface area contributed by atoms with Gasteiger partial charge in [-0.2, -0.15) is 5.10 Å². The Bertz CT molecular complexity index is 1130. The smallest absolute Gasteiger partial charge is 0.261 e. The molecular weight excluding hydrogens is 372 g/mol. The Balaban J connectivity index is 1.41. The number of rotatable bonds is 5. The molecule has 0 aliphatic heterocycles. The topological polar surface area (TPSA) is 108 Å². The van der Waals surface area contributed by atoms with Crippen LogP contribution in [0.2, 0.25) is 0 Å². The van der Waals surface area contributed by atoms with E-state index in [0.29, 0.717) is 40.2 Å². The lowest BCUT2D eigenvalue weighted by Crippen LogP contribution is -2.13. The van der Waals surface area contributed by atoms with Gasteiger partial charge in [0.1, 0.15) is 17.1 Å². The highest BCUT2D eigenvalue weighted by Crippen LogP contribution is 2.22. The zero-order valence-electron chi connectivity index (χ0n) is 16.1. The van der Waals surface area contributed by atoms with E-state index in [1.54, 1.807) is 54.9 Å². The Labute approximate surface area is 166 Å². The standard InChI is InChI=1S/C20H18N6O3/c1-12-10-11-26(24-12)17-8-9-18(23-22-17)28-16-6-4-15(5-7-16)21-20(27)19-13(2)25-29-14(19)3/h4-11H,1-3H3,(H,21,27). The first-order chi connectivity index (χ1) is 14.0. The van der Waals surface area contributed by atoms with Crippen LogP contribution in [0.5, 0.6) is 11.6 Å². The molecule has 0 spiro atoms. The first kappa shape index (κ1) is 18.4. The highest BCUT2D eigenvalue weighted by atomic mass is 16.5. The number of hydrogen-bond acceptors (Lipinski definition) is 7. The monoisotopic (exact) mass is 390 g/mol. The summed E-state index contributed by atoms with van der Waals surface area (Å²) in [4.78, 5) is 12.4. The van der Waals surface area contributed by atoms with Gasteiger partial charge in [0.05, 0.1) is 11.4 Å². The lowest BCUT2D eigenvalue weighted by atomic mass is 10.2. The molecule has 29 heavy (non-hydrogen) atoms. The molecule has 3 heterocycles. The number of benzene rings is 1. The Morgan fingerprint density at radius 1 is 1.03 bits per heavy atom. The molecular formula is C20H18N6O3. The number of ether oxygens (including phenoxy) is 1. The van der Waals surface area contributed by atoms with Crippen LogP contribution in [0.25, 0.3) is 5.82 Å². The third-order valence-electron chi connectivity index (χ3n) is 4.18. The van der Waals surface area contributed by atoms with Gasteiger partial charge in [0.15, 0.2) is 5.82 Å². The van der Waals surface area contributed by atoms with Crippen molar-refractivity contribution in [1.82, 2.24) is 25.1 Å². The number of anilines is 1. The molecule has 0 atom stereocenters. The molecule has 0 radical (unpaired) electrons. The summed E-state index contributed by atoms with van der Waals surface area (Å²) in [7, 11) is 0. The molecule has 1 aromatic carbocycles. The van der Waals surface area contributed by atoms with Crippen molar-refractivity contribution in [2.45, 2.75) is 20.8 Å². The van der Waals surface area contributed by atoms with Gasteiger partial charge in [-0.05, 0) is 57.2 Å². The second-order valence-electron chi connectivity index (χ2n) is 6.41. The maximum absolute atomic E-state index is 12.4. The minimum atomic E-state index is -0.273. The molecule has 146 valence electrons. The molecule has 3 aromatic heterocycles. The fourth-order valence-electron chi connectivity index (χ4n) is 2.76. The fraction of sp³-hybridized carbons (Fsp3) is 0.150. The van der Waals surface area contributed by atoms with Crippen LogP contribution in [-0.2, 0) is 0 Å². The van der Waals surface area contributed by atoms with Gasteiger partial charge in [0.25, 0.3) is 5.91 Å². The van der Waals surface area contributed by atoms with E-state index in [9.17, 15) is 4.79 Å². The van der Waals surface area contributed by atoms with Crippen LogP contribution in [0.3, 0.4) is 0 Å². The van der Waals surface area contributed by atoms with Crippen LogP contribution in [-0.4, -0.2) is 31.0 Å². The van der Waals surface area contributed by atoms with Gasteiger partial charge in [0, 0.05) is 18.0 Å². The van der Waals surface area contributed by atoms with E-state index in [2.05, 4.69) is 25.8 Å². The zero-order valence-corrected chi connectivity index (χ0v) is 16.1. The van der Waals surface area contributed by atoms with Crippen molar-refractivity contribution in [2.75, 3.05) is 5.32 Å². The molecule has 0 aliphatic carbocycles. The Kier molecular flexibility index (Phi) is 4.78. The van der Waals surface area contributed by atoms with Crippen molar-refractivity contribution in [3.8, 4) is 17.4 Å². The number of amides is 1. The van der Waals surface area contributed by atoms with Crippen molar-refractivity contribution in [1.29, 1.82) is 0 Å². The molecule has 4 aromatic rings. The predicted octanol–water partition coefficient (Wildman–Crippen LogP) is 3.62. The SMILES string of the molecule is Cc1ccn(-c2ccc(Oc3ccc(NC(=O)c4c(C)noc4C)cc3)nn2)n1. The molecule has 0 aliphatic rings. The highest BCUT2D eigenvalue weighted by Gasteiger charge is 2.17. The molecule has 1 N–H and O–H groups in total. The van der Waals surface area contributed by atoms with Gasteiger partial charge in [-0.1, -0.05) is 5.16 Å². The second-order valence-corrected chi connectivity index (χ2v) is 6.41. The first-order valence-electron chi connectivity index (χ1n) is 8.88. The molecule has 0 fully saturated rings. The summed E-state index contributed by atoms with van der Waals surface area (Å²) in [5.41, 5.74) is 2.51. The average Bonchev–Trinajstić information content (AvgIpc) is 3.29. The minimum Gasteiger partial charge on any atom is -0.438 e. The second kappa shape index (κ2) is 7.55. The van der Waals surface area contributed by atoms with Crippen molar-refractivity contribution >= 4 is 11.6 Å². The summed E-state index contributed by atoms with van der Waals surface area (Å²) in [6.07, 6.45) is 1.81. The van der Waals surface area contributed by atoms with Gasteiger partial charge in [0.2, 0.25) is 5.88 Å². The third kappa shape index (κ3) is 3.98. The van der Waals surface area contributed by atoms with E-state index in [1.807, 2.05) is 19.2 Å². The summed E-state index contributed by atoms with van der Waals surface area (Å²) in [5, 5.41) is 19.1. The zero-order chi connectivity index (χ0) is 20.4. The number of aryl methyl sites for hydroxylation is 3. The Morgan fingerprint density at radius 3 is 2.41 bits per heavy atom. The molecule has 0 unspecified atom stereocenters. The van der Waals surface area contributed by atoms with Crippen LogP contribution >= 0.6 is 0 Å². The van der Waals surface area contributed by atoms with E-state index in [-0.39, 0.29) is 5.91 Å². The van der Waals surface area contributed by atoms with E-state index in [0.717, 1.165) is 5.69 Å². The van der Waals surface area contributed by atoms with Crippen LogP contribution in [0, 0.1) is 20.8 Å². The normalized spacial score (nSPS) is 10.7. The van der Waals surface area contributed by atoms with Crippen molar-refractivity contribution < 1.29 is 14.1 Å². The number of carbonyl (C=O) groups excluding carboxylic acids is 1. The summed E-state index contributed by atoms with van der Waals surface area (Å²) >= 11 is 0. The van der Waals surface area contributed by atoms with Gasteiger partial charge >= 0.3 is 0 Å². The fourth-order valence-corrected chi connectivity index (χ4v) is 2.76. The highest BCUT2D eigenvalue weighted by molar-refractivity contribution is 6.05. The maximum Gasteiger partial charge on any atom is 0.261 e. The molecule has 9 nitrogen and oxygen atoms in total. The largest absolute Gasteiger partial charge is 0.438 e. The Hall–Kier alpha value is -4.01. The molecule has 0 saturated carbocycles. The number of nitrogens with zero attached hydrogens (tertiary/aromatic N) is 5. The third-order valence-corrected chi connectivity index (χ3v) is 4.18. The molecule has 9 heteroatoms. The number of hydrogen-bond donors (Lipinski definition) is 1. The van der Waals surface area contributed by atoms with Gasteiger partial charge in [-0.3, -0.25) is 4.79 Å². The van der Waals surface area contributed by atoms with Crippen LogP contribution in [0.15, 0.2) is 53.2 Å². The summed E-state index contributed by atoms with van der Waals surface area (Å²) < 4.78 is 12.4. The van der Waals surface area contributed by atoms with Crippen molar-refractivity contribution in [3.05, 3.63) is 71.4 Å². The quantitative estimate of drug-likeness (QED) is 0.554. The average molecular weight is 390 g/mol. The number of aromatic nitrogens is 5. The lowest BCUT2D eigenvalue weighted by molar-refractivity contribution is 0.102. The molecule has 0 bridgehead atoms. The van der Waals surface area contributed by atoms with Crippen LogP contribution < -0.4 is 10.1 Å². The van der Waals surface area contributed by atoms with Crippen LogP contribution in [0.1, 0.15) is 27.5 Å². The van der Waals surface area contributed by atoms with Gasteiger partial charge in [-0.15, -0.1) is 10.2 Å². The molecule has 0 saturated heterocycles. The Morgan fingerprint density at radius 2 is 1.83 bits per heavy atom. The minimum absolute atomic E-state index is 0.273. The summed E-state index contributed by atoms with van der Waals surface area (Å²) in [5.74, 6) is 1.72. The van der Waals surface area contributed by atoms with E-state index >= 15 is 0 Å². The molecule has 1 amide bonds. The summed E-state index contributed by atoms with van der Waals surface area (Å²) in [6.45, 7) is 5.33. The summed E-state index contributed by atoms with van der Waals surface area (Å²) in [6, 6.07) is 12.3. The van der Waals surface area contributed by atoms with Crippen LogP contribution in [0.4, 0.5) is 5.69 Å². The van der Waals surface area contributed by atoms with Crippen molar-refractivity contribution in [2.24, 2.45) is 0 Å². The van der Waals surface area contributed by atoms with E-state index in [4.69, 9.17) is 9.26 Å². The van der Waals surface area contributed by atoms with E-state index < -0.39 is 0 Å². The van der Waals surface area contributed by atoms with Gasteiger partial charge < -0.3 is 14.6 Å². The predicted molar refractivity (Wildman–Crippen MR) is 104 cm³/mol. The van der Waals surface area contributed by atoms with Crippen molar-refractivity contribution in [3.63, 3.8) is 0 Å². The van der Waals surface area contributed by atoms with E-state index in [1.165, 1.54) is 0 Å². The first-order valence-corrected chi connectivity index (χ1v) is 8.88. The number of carbonyl (C=O) groups is 1. The lowest BCUT2D eigenvalue weighted by Gasteiger charge is -2.07.